The number of thiophene rings is 1. The molecule has 1 aromatic rings. The van der Waals surface area contributed by atoms with E-state index in [1.165, 1.54) is 43.6 Å². The van der Waals surface area contributed by atoms with Crippen molar-refractivity contribution in [2.24, 2.45) is 4.99 Å². The average molecular weight is 536 g/mol. The number of nitrogens with one attached hydrogen (secondary N) is 2. The maximum absolute atomic E-state index is 5.26. The first kappa shape index (κ1) is 24.8. The van der Waals surface area contributed by atoms with Gasteiger partial charge in [-0.2, -0.15) is 0 Å². The lowest BCUT2D eigenvalue weighted by molar-refractivity contribution is 0.144. The maximum atomic E-state index is 5.26. The summed E-state index contributed by atoms with van der Waals surface area (Å²) in [5, 5.41) is 9.14. The van der Waals surface area contributed by atoms with Crippen molar-refractivity contribution in [3.05, 3.63) is 22.4 Å². The highest BCUT2D eigenvalue weighted by atomic mass is 127. The molecule has 2 aliphatic rings. The van der Waals surface area contributed by atoms with Gasteiger partial charge in [0.2, 0.25) is 0 Å². The molecule has 0 radical (unpaired) electrons. The molecule has 8 heteroatoms. The lowest BCUT2D eigenvalue weighted by Crippen LogP contribution is -2.43. The number of ether oxygens (including phenoxy) is 1. The van der Waals surface area contributed by atoms with Gasteiger partial charge >= 0.3 is 0 Å². The van der Waals surface area contributed by atoms with Gasteiger partial charge in [0, 0.05) is 44.2 Å². The summed E-state index contributed by atoms with van der Waals surface area (Å²) < 4.78 is 5.26. The van der Waals surface area contributed by atoms with E-state index in [-0.39, 0.29) is 24.0 Å². The predicted molar refractivity (Wildman–Crippen MR) is 134 cm³/mol. The average Bonchev–Trinajstić information content (AvgIpc) is 3.17. The molecule has 0 bridgehead atoms. The van der Waals surface area contributed by atoms with Gasteiger partial charge in [-0.3, -0.25) is 14.8 Å². The lowest BCUT2D eigenvalue weighted by Gasteiger charge is -2.26. The molecular formula is C21H38IN5OS. The Morgan fingerprint density at radius 1 is 1.31 bits per heavy atom. The van der Waals surface area contributed by atoms with Crippen molar-refractivity contribution in [2.75, 3.05) is 59.5 Å². The Kier molecular flexibility index (Phi) is 11.8. The minimum Gasteiger partial charge on any atom is -0.383 e. The van der Waals surface area contributed by atoms with Crippen molar-refractivity contribution in [1.29, 1.82) is 0 Å². The van der Waals surface area contributed by atoms with E-state index in [9.17, 15) is 0 Å². The van der Waals surface area contributed by atoms with Gasteiger partial charge in [-0.15, -0.1) is 35.3 Å². The van der Waals surface area contributed by atoms with Crippen LogP contribution in [-0.4, -0.2) is 81.3 Å². The molecule has 1 atom stereocenters. The van der Waals surface area contributed by atoms with Crippen molar-refractivity contribution in [2.45, 2.75) is 44.7 Å². The number of rotatable bonds is 12. The summed E-state index contributed by atoms with van der Waals surface area (Å²) in [5.41, 5.74) is 0. The number of hydrogen-bond donors (Lipinski definition) is 2. The molecule has 0 spiro atoms. The largest absolute Gasteiger partial charge is 0.383 e. The van der Waals surface area contributed by atoms with E-state index in [0.29, 0.717) is 6.04 Å². The Balaban J connectivity index is 0.00000300. The number of hydrogen-bond acceptors (Lipinski definition) is 5. The molecule has 2 N–H and O–H groups in total. The van der Waals surface area contributed by atoms with E-state index in [1.807, 2.05) is 11.3 Å². The molecule has 0 aromatic carbocycles. The Morgan fingerprint density at radius 3 is 2.72 bits per heavy atom. The summed E-state index contributed by atoms with van der Waals surface area (Å²) in [6.45, 7) is 9.99. The highest BCUT2D eigenvalue weighted by Gasteiger charge is 2.28. The summed E-state index contributed by atoms with van der Waals surface area (Å²) in [4.78, 5) is 11.5. The highest BCUT2D eigenvalue weighted by molar-refractivity contribution is 14.0. The molecule has 166 valence electrons. The maximum Gasteiger partial charge on any atom is 0.191 e. The van der Waals surface area contributed by atoms with Crippen LogP contribution < -0.4 is 10.6 Å². The number of nitrogens with zero attached hydrogens (tertiary/aromatic N) is 3. The van der Waals surface area contributed by atoms with Crippen LogP contribution in [0.15, 0.2) is 22.5 Å². The molecular weight excluding hydrogens is 497 g/mol. The standard InChI is InChI=1S/C21H37N5OS.HI/c1-3-22-21(23-10-13-25(14-15-27-2)18-8-9-18)24-17-19(20-7-6-16-28-20)26-11-4-5-12-26;/h6-7,16,18-19H,3-5,8-15,17H2,1-2H3,(H2,22,23,24);1H. The van der Waals surface area contributed by atoms with Crippen LogP contribution >= 0.6 is 35.3 Å². The van der Waals surface area contributed by atoms with Crippen LogP contribution in [0, 0.1) is 0 Å². The van der Waals surface area contributed by atoms with Crippen molar-refractivity contribution >= 4 is 41.3 Å². The Hall–Kier alpha value is -0.420. The molecule has 3 rings (SSSR count). The van der Waals surface area contributed by atoms with Gasteiger partial charge in [0.05, 0.1) is 19.2 Å². The van der Waals surface area contributed by atoms with Gasteiger partial charge < -0.3 is 15.4 Å². The predicted octanol–water partition coefficient (Wildman–Crippen LogP) is 3.17. The number of halogens is 1. The van der Waals surface area contributed by atoms with E-state index in [1.54, 1.807) is 7.11 Å². The third kappa shape index (κ3) is 8.32. The Bertz CT molecular complexity index is 576. The molecule has 1 aliphatic heterocycles. The zero-order chi connectivity index (χ0) is 19.6. The van der Waals surface area contributed by atoms with Crippen LogP contribution in [0.2, 0.25) is 0 Å². The van der Waals surface area contributed by atoms with E-state index < -0.39 is 0 Å². The van der Waals surface area contributed by atoms with Gasteiger partial charge in [0.25, 0.3) is 0 Å². The molecule has 6 nitrogen and oxygen atoms in total. The summed E-state index contributed by atoms with van der Waals surface area (Å²) >= 11 is 1.85. The van der Waals surface area contributed by atoms with E-state index in [4.69, 9.17) is 9.73 Å². The summed E-state index contributed by atoms with van der Waals surface area (Å²) in [6, 6.07) is 5.58. The molecule has 1 aliphatic carbocycles. The monoisotopic (exact) mass is 535 g/mol. The second kappa shape index (κ2) is 13.8. The minimum absolute atomic E-state index is 0. The highest BCUT2D eigenvalue weighted by Crippen LogP contribution is 2.28. The van der Waals surface area contributed by atoms with Crippen LogP contribution in [0.3, 0.4) is 0 Å². The van der Waals surface area contributed by atoms with Crippen molar-refractivity contribution in [1.82, 2.24) is 20.4 Å². The number of aliphatic imine (C=N–C) groups is 1. The van der Waals surface area contributed by atoms with E-state index in [2.05, 4.69) is 44.9 Å². The van der Waals surface area contributed by atoms with Crippen LogP contribution in [0.5, 0.6) is 0 Å². The fourth-order valence-corrected chi connectivity index (χ4v) is 4.73. The molecule has 2 fully saturated rings. The topological polar surface area (TPSA) is 52.1 Å². The van der Waals surface area contributed by atoms with Crippen molar-refractivity contribution < 1.29 is 4.74 Å². The van der Waals surface area contributed by atoms with E-state index in [0.717, 1.165) is 51.3 Å². The number of methoxy groups -OCH3 is 1. The Labute approximate surface area is 197 Å². The van der Waals surface area contributed by atoms with Crippen LogP contribution in [0.4, 0.5) is 0 Å². The molecule has 29 heavy (non-hydrogen) atoms. The minimum atomic E-state index is 0. The zero-order valence-electron chi connectivity index (χ0n) is 17.9. The van der Waals surface area contributed by atoms with Crippen LogP contribution in [0.1, 0.15) is 43.5 Å². The first-order valence-corrected chi connectivity index (χ1v) is 11.7. The van der Waals surface area contributed by atoms with Crippen molar-refractivity contribution in [3.63, 3.8) is 0 Å². The smallest absolute Gasteiger partial charge is 0.191 e. The summed E-state index contributed by atoms with van der Waals surface area (Å²) in [6.07, 6.45) is 5.27. The second-order valence-corrected chi connectivity index (χ2v) is 8.66. The summed E-state index contributed by atoms with van der Waals surface area (Å²) in [5.74, 6) is 0.936. The normalized spacial score (nSPS) is 18.7. The quantitative estimate of drug-likeness (QED) is 0.245. The van der Waals surface area contributed by atoms with Gasteiger partial charge in [0.15, 0.2) is 5.96 Å². The van der Waals surface area contributed by atoms with Gasteiger partial charge in [0.1, 0.15) is 0 Å². The van der Waals surface area contributed by atoms with Gasteiger partial charge in [-0.25, -0.2) is 0 Å². The van der Waals surface area contributed by atoms with Crippen molar-refractivity contribution in [3.8, 4) is 0 Å². The SMILES string of the molecule is CCNC(=NCC(c1cccs1)N1CCCC1)NCCN(CCOC)C1CC1.I. The van der Waals surface area contributed by atoms with E-state index >= 15 is 0 Å². The second-order valence-electron chi connectivity index (χ2n) is 7.68. The first-order chi connectivity index (χ1) is 13.8. The van der Waals surface area contributed by atoms with Gasteiger partial charge in [-0.05, 0) is 57.1 Å². The lowest BCUT2D eigenvalue weighted by atomic mass is 10.2. The van der Waals surface area contributed by atoms with Gasteiger partial charge in [-0.1, -0.05) is 6.07 Å². The fraction of sp³-hybridized carbons (Fsp3) is 0.762. The molecule has 1 aromatic heterocycles. The van der Waals surface area contributed by atoms with Crippen LogP contribution in [-0.2, 0) is 4.74 Å². The molecule has 1 saturated heterocycles. The fourth-order valence-electron chi connectivity index (χ4n) is 3.88. The third-order valence-electron chi connectivity index (χ3n) is 5.56. The van der Waals surface area contributed by atoms with Crippen LogP contribution in [0.25, 0.3) is 0 Å². The molecule has 1 unspecified atom stereocenters. The number of guanidine groups is 1. The number of likely N-dealkylation sites (tertiary alicyclic amines) is 1. The molecule has 0 amide bonds. The zero-order valence-corrected chi connectivity index (χ0v) is 21.1. The summed E-state index contributed by atoms with van der Waals surface area (Å²) in [7, 11) is 1.78. The molecule has 1 saturated carbocycles. The first-order valence-electron chi connectivity index (χ1n) is 10.8. The molecule has 2 heterocycles. The third-order valence-corrected chi connectivity index (χ3v) is 6.53. The Morgan fingerprint density at radius 2 is 2.10 bits per heavy atom.